The third-order valence-electron chi connectivity index (χ3n) is 5.70. The smallest absolute Gasteiger partial charge is 0.0445 e. The summed E-state index contributed by atoms with van der Waals surface area (Å²) in [5.74, 6) is 1.70. The van der Waals surface area contributed by atoms with Gasteiger partial charge in [-0.15, -0.1) is 0 Å². The molecule has 17 heavy (non-hydrogen) atoms. The van der Waals surface area contributed by atoms with Crippen LogP contribution in [0.15, 0.2) is 6.07 Å². The van der Waals surface area contributed by atoms with Crippen molar-refractivity contribution in [3.8, 4) is 0 Å². The van der Waals surface area contributed by atoms with Gasteiger partial charge < -0.3 is 0 Å². The van der Waals surface area contributed by atoms with Gasteiger partial charge in [0.05, 0.1) is 0 Å². The van der Waals surface area contributed by atoms with Gasteiger partial charge in [0.1, 0.15) is 0 Å². The van der Waals surface area contributed by atoms with Crippen LogP contribution in [0, 0.1) is 11.3 Å². The van der Waals surface area contributed by atoms with Gasteiger partial charge in [0, 0.05) is 11.4 Å². The molecule has 1 heteroatoms. The normalized spacial score (nSPS) is 32.4. The SMILES string of the molecule is CC1(C)C2Cc3nc4c(cc3[C@H]1C2)CCCC4. The Morgan fingerprint density at radius 2 is 2.00 bits per heavy atom. The Hall–Kier alpha value is -0.850. The maximum Gasteiger partial charge on any atom is 0.0445 e. The van der Waals surface area contributed by atoms with Gasteiger partial charge in [-0.3, -0.25) is 4.98 Å². The largest absolute Gasteiger partial charge is 0.257 e. The number of nitrogens with zero attached hydrogens (tertiary/aromatic N) is 1. The second-order valence-corrected chi connectivity index (χ2v) is 6.85. The van der Waals surface area contributed by atoms with Gasteiger partial charge in [0.15, 0.2) is 0 Å². The van der Waals surface area contributed by atoms with Crippen LogP contribution in [0.5, 0.6) is 0 Å². The first-order valence-electron chi connectivity index (χ1n) is 7.18. The van der Waals surface area contributed by atoms with Crippen molar-refractivity contribution < 1.29 is 0 Å². The zero-order valence-electron chi connectivity index (χ0n) is 10.9. The Bertz CT molecular complexity index is 487. The molecule has 0 saturated heterocycles. The van der Waals surface area contributed by atoms with Crippen LogP contribution in [-0.2, 0) is 19.3 Å². The fourth-order valence-corrected chi connectivity index (χ4v) is 4.28. The van der Waals surface area contributed by atoms with Crippen molar-refractivity contribution in [2.75, 3.05) is 0 Å². The fourth-order valence-electron chi connectivity index (χ4n) is 4.28. The number of fused-ring (bicyclic) bond motifs is 1. The molecule has 1 nitrogen and oxygen atoms in total. The molecule has 1 fully saturated rings. The Morgan fingerprint density at radius 3 is 2.82 bits per heavy atom. The molecule has 1 saturated carbocycles. The van der Waals surface area contributed by atoms with Crippen molar-refractivity contribution in [1.29, 1.82) is 0 Å². The lowest BCUT2D eigenvalue weighted by Crippen LogP contribution is -2.48. The van der Waals surface area contributed by atoms with Gasteiger partial charge in [-0.05, 0) is 66.9 Å². The molecular weight excluding hydrogens is 206 g/mol. The minimum absolute atomic E-state index is 0.539. The minimum atomic E-state index is 0.539. The second-order valence-electron chi connectivity index (χ2n) is 6.85. The van der Waals surface area contributed by atoms with E-state index < -0.39 is 0 Å². The lowest BCUT2D eigenvalue weighted by atomic mass is 9.48. The van der Waals surface area contributed by atoms with Crippen LogP contribution < -0.4 is 0 Å². The van der Waals surface area contributed by atoms with Crippen LogP contribution >= 0.6 is 0 Å². The van der Waals surface area contributed by atoms with E-state index in [9.17, 15) is 0 Å². The number of aromatic nitrogens is 1. The Labute approximate surface area is 104 Å². The first-order valence-corrected chi connectivity index (χ1v) is 7.18. The summed E-state index contributed by atoms with van der Waals surface area (Å²) >= 11 is 0. The van der Waals surface area contributed by atoms with Crippen LogP contribution in [0.3, 0.4) is 0 Å². The number of rotatable bonds is 0. The van der Waals surface area contributed by atoms with Crippen LogP contribution in [0.1, 0.15) is 61.5 Å². The van der Waals surface area contributed by atoms with E-state index in [-0.39, 0.29) is 0 Å². The average molecular weight is 227 g/mol. The summed E-state index contributed by atoms with van der Waals surface area (Å²) in [6.07, 6.45) is 7.86. The maximum atomic E-state index is 5.00. The molecule has 0 aromatic carbocycles. The first-order chi connectivity index (χ1) is 8.16. The van der Waals surface area contributed by atoms with Gasteiger partial charge in [-0.2, -0.15) is 0 Å². The number of aryl methyl sites for hydroxylation is 2. The third kappa shape index (κ3) is 1.23. The summed E-state index contributed by atoms with van der Waals surface area (Å²) in [5.41, 5.74) is 6.59. The summed E-state index contributed by atoms with van der Waals surface area (Å²) in [6, 6.07) is 2.53. The van der Waals surface area contributed by atoms with Crippen molar-refractivity contribution >= 4 is 0 Å². The quantitative estimate of drug-likeness (QED) is 0.659. The van der Waals surface area contributed by atoms with Crippen molar-refractivity contribution in [2.24, 2.45) is 11.3 Å². The minimum Gasteiger partial charge on any atom is -0.257 e. The van der Waals surface area contributed by atoms with Crippen molar-refractivity contribution in [2.45, 2.75) is 58.3 Å². The Kier molecular flexibility index (Phi) is 1.86. The zero-order chi connectivity index (χ0) is 11.6. The van der Waals surface area contributed by atoms with E-state index in [0.717, 1.165) is 11.8 Å². The van der Waals surface area contributed by atoms with Gasteiger partial charge in [0.2, 0.25) is 0 Å². The third-order valence-corrected chi connectivity index (χ3v) is 5.70. The van der Waals surface area contributed by atoms with Crippen molar-refractivity contribution in [1.82, 2.24) is 4.98 Å². The van der Waals surface area contributed by atoms with Crippen LogP contribution in [0.25, 0.3) is 0 Å². The van der Waals surface area contributed by atoms with E-state index in [1.165, 1.54) is 49.9 Å². The number of hydrogen-bond acceptors (Lipinski definition) is 1. The van der Waals surface area contributed by atoms with Gasteiger partial charge in [0.25, 0.3) is 0 Å². The number of hydrogen-bond donors (Lipinski definition) is 0. The molecule has 1 unspecified atom stereocenters. The van der Waals surface area contributed by atoms with Gasteiger partial charge in [-0.25, -0.2) is 0 Å². The van der Waals surface area contributed by atoms with E-state index >= 15 is 0 Å². The predicted octanol–water partition coefficient (Wildman–Crippen LogP) is 3.65. The van der Waals surface area contributed by atoms with Crippen LogP contribution in [0.4, 0.5) is 0 Å². The summed E-state index contributed by atoms with van der Waals surface area (Å²) in [6.45, 7) is 4.91. The highest BCUT2D eigenvalue weighted by molar-refractivity contribution is 5.41. The first kappa shape index (κ1) is 10.1. The van der Waals surface area contributed by atoms with E-state index in [1.54, 1.807) is 11.1 Å². The highest BCUT2D eigenvalue weighted by atomic mass is 14.8. The monoisotopic (exact) mass is 227 g/mol. The lowest BCUT2D eigenvalue weighted by molar-refractivity contribution is 0.0167. The number of pyridine rings is 1. The second kappa shape index (κ2) is 3.13. The van der Waals surface area contributed by atoms with E-state index in [2.05, 4.69) is 19.9 Å². The molecule has 0 radical (unpaired) electrons. The van der Waals surface area contributed by atoms with Crippen molar-refractivity contribution in [3.63, 3.8) is 0 Å². The summed E-state index contributed by atoms with van der Waals surface area (Å²) in [7, 11) is 0. The van der Waals surface area contributed by atoms with E-state index in [4.69, 9.17) is 4.98 Å². The Morgan fingerprint density at radius 1 is 1.18 bits per heavy atom. The molecule has 1 heterocycles. The summed E-state index contributed by atoms with van der Waals surface area (Å²) in [4.78, 5) is 5.00. The molecule has 2 bridgehead atoms. The molecule has 0 aliphatic heterocycles. The standard InChI is InChI=1S/C16H21N/c1-16(2)11-8-13(16)12-7-10-5-3-4-6-14(10)17-15(12)9-11/h7,11,13H,3-6,8-9H2,1-2H3/t11?,13-/m1/s1. The molecule has 0 spiro atoms. The van der Waals surface area contributed by atoms with Crippen LogP contribution in [-0.4, -0.2) is 4.98 Å². The molecule has 4 aliphatic rings. The molecule has 0 N–H and O–H groups in total. The van der Waals surface area contributed by atoms with Gasteiger partial charge in [-0.1, -0.05) is 19.9 Å². The van der Waals surface area contributed by atoms with Crippen molar-refractivity contribution in [3.05, 3.63) is 28.6 Å². The van der Waals surface area contributed by atoms with E-state index in [1.807, 2.05) is 0 Å². The molecule has 1 aromatic heterocycles. The average Bonchev–Trinajstić information content (AvgIpc) is 2.35. The molecule has 90 valence electrons. The summed E-state index contributed by atoms with van der Waals surface area (Å²) < 4.78 is 0. The highest BCUT2D eigenvalue weighted by Crippen LogP contribution is 2.62. The molecule has 0 amide bonds. The topological polar surface area (TPSA) is 12.9 Å². The molecule has 4 aliphatic carbocycles. The van der Waals surface area contributed by atoms with E-state index in [0.29, 0.717) is 5.41 Å². The van der Waals surface area contributed by atoms with Gasteiger partial charge >= 0.3 is 0 Å². The predicted molar refractivity (Wildman–Crippen MR) is 69.2 cm³/mol. The Balaban J connectivity index is 1.84. The maximum absolute atomic E-state index is 5.00. The molecule has 2 atom stereocenters. The highest BCUT2D eigenvalue weighted by Gasteiger charge is 2.52. The lowest BCUT2D eigenvalue weighted by Gasteiger charge is -2.57. The molecule has 1 aromatic rings. The molecular formula is C16H21N. The zero-order valence-corrected chi connectivity index (χ0v) is 10.9. The summed E-state index contributed by atoms with van der Waals surface area (Å²) in [5, 5.41) is 0. The fraction of sp³-hybridized carbons (Fsp3) is 0.688. The van der Waals surface area contributed by atoms with Crippen LogP contribution in [0.2, 0.25) is 0 Å². The molecule has 5 rings (SSSR count).